The fourth-order valence-corrected chi connectivity index (χ4v) is 2.77. The normalized spacial score (nSPS) is 17.8. The molecule has 3 rings (SSSR count). The van der Waals surface area contributed by atoms with Crippen molar-refractivity contribution in [3.8, 4) is 11.8 Å². The van der Waals surface area contributed by atoms with E-state index >= 15 is 0 Å². The number of ether oxygens (including phenoxy) is 1. The van der Waals surface area contributed by atoms with E-state index in [4.69, 9.17) is 10.00 Å². The number of rotatable bonds is 4. The number of aromatic nitrogens is 2. The molecule has 0 spiro atoms. The van der Waals surface area contributed by atoms with E-state index in [9.17, 15) is 0 Å². The highest BCUT2D eigenvalue weighted by atomic mass is 16.5. The zero-order chi connectivity index (χ0) is 15.2. The molecular formula is C17H18N4O. The minimum atomic E-state index is 0.395. The Balaban J connectivity index is 1.63. The van der Waals surface area contributed by atoms with Crippen molar-refractivity contribution in [2.45, 2.75) is 12.8 Å². The zero-order valence-electron chi connectivity index (χ0n) is 12.4. The van der Waals surface area contributed by atoms with Gasteiger partial charge in [0.15, 0.2) is 11.5 Å². The van der Waals surface area contributed by atoms with Crippen LogP contribution in [0.5, 0.6) is 5.75 Å². The van der Waals surface area contributed by atoms with Crippen LogP contribution in [0.2, 0.25) is 0 Å². The Kier molecular flexibility index (Phi) is 4.50. The third kappa shape index (κ3) is 3.34. The van der Waals surface area contributed by atoms with Crippen molar-refractivity contribution in [3.63, 3.8) is 0 Å². The van der Waals surface area contributed by atoms with Gasteiger partial charge in [-0.25, -0.2) is 9.97 Å². The van der Waals surface area contributed by atoms with E-state index in [1.54, 1.807) is 12.4 Å². The van der Waals surface area contributed by atoms with Gasteiger partial charge >= 0.3 is 0 Å². The van der Waals surface area contributed by atoms with E-state index in [-0.39, 0.29) is 0 Å². The zero-order valence-corrected chi connectivity index (χ0v) is 12.4. The Morgan fingerprint density at radius 3 is 2.86 bits per heavy atom. The van der Waals surface area contributed by atoms with Crippen LogP contribution in [0.3, 0.4) is 0 Å². The summed E-state index contributed by atoms with van der Waals surface area (Å²) in [6, 6.07) is 12.0. The maximum atomic E-state index is 9.16. The van der Waals surface area contributed by atoms with Crippen LogP contribution < -0.4 is 9.64 Å². The lowest BCUT2D eigenvalue weighted by Crippen LogP contribution is -2.38. The van der Waals surface area contributed by atoms with Gasteiger partial charge in [-0.05, 0) is 25.0 Å². The minimum Gasteiger partial charge on any atom is -0.493 e. The number of hydrogen-bond donors (Lipinski definition) is 0. The maximum Gasteiger partial charge on any atom is 0.183 e. The third-order valence-corrected chi connectivity index (χ3v) is 3.83. The molecule has 5 nitrogen and oxygen atoms in total. The van der Waals surface area contributed by atoms with Gasteiger partial charge in [-0.1, -0.05) is 18.2 Å². The van der Waals surface area contributed by atoms with Crippen molar-refractivity contribution in [3.05, 3.63) is 48.4 Å². The van der Waals surface area contributed by atoms with Gasteiger partial charge in [0.2, 0.25) is 0 Å². The molecule has 1 aliphatic heterocycles. The number of piperidine rings is 1. The second-order valence-electron chi connectivity index (χ2n) is 5.42. The molecule has 1 aromatic carbocycles. The average molecular weight is 294 g/mol. The van der Waals surface area contributed by atoms with Crippen molar-refractivity contribution in [2.75, 3.05) is 24.6 Å². The highest BCUT2D eigenvalue weighted by molar-refractivity contribution is 5.49. The summed E-state index contributed by atoms with van der Waals surface area (Å²) in [5, 5.41) is 9.16. The summed E-state index contributed by atoms with van der Waals surface area (Å²) in [4.78, 5) is 10.6. The molecule has 0 bridgehead atoms. The van der Waals surface area contributed by atoms with Gasteiger partial charge in [0.25, 0.3) is 0 Å². The lowest BCUT2D eigenvalue weighted by Gasteiger charge is -2.33. The van der Waals surface area contributed by atoms with Crippen molar-refractivity contribution in [1.82, 2.24) is 9.97 Å². The topological polar surface area (TPSA) is 62.0 Å². The van der Waals surface area contributed by atoms with Crippen molar-refractivity contribution in [2.24, 2.45) is 5.92 Å². The van der Waals surface area contributed by atoms with Crippen molar-refractivity contribution < 1.29 is 4.74 Å². The molecule has 1 aliphatic rings. The van der Waals surface area contributed by atoms with Gasteiger partial charge in [0.1, 0.15) is 11.8 Å². The smallest absolute Gasteiger partial charge is 0.183 e. The maximum absolute atomic E-state index is 9.16. The number of benzene rings is 1. The predicted molar refractivity (Wildman–Crippen MR) is 83.6 cm³/mol. The summed E-state index contributed by atoms with van der Waals surface area (Å²) >= 11 is 0. The molecule has 0 saturated carbocycles. The Labute approximate surface area is 130 Å². The van der Waals surface area contributed by atoms with Crippen LogP contribution in [0, 0.1) is 17.2 Å². The molecule has 2 heterocycles. The quantitative estimate of drug-likeness (QED) is 0.867. The van der Waals surface area contributed by atoms with Crippen LogP contribution in [0.1, 0.15) is 18.5 Å². The largest absolute Gasteiger partial charge is 0.493 e. The Bertz CT molecular complexity index is 653. The van der Waals surface area contributed by atoms with Crippen LogP contribution in [0.4, 0.5) is 5.82 Å². The third-order valence-electron chi connectivity index (χ3n) is 3.83. The van der Waals surface area contributed by atoms with Crippen molar-refractivity contribution in [1.29, 1.82) is 5.26 Å². The van der Waals surface area contributed by atoms with E-state index < -0.39 is 0 Å². The number of anilines is 1. The molecule has 1 fully saturated rings. The van der Waals surface area contributed by atoms with E-state index in [1.807, 2.05) is 30.3 Å². The lowest BCUT2D eigenvalue weighted by atomic mass is 9.99. The highest BCUT2D eigenvalue weighted by Gasteiger charge is 2.23. The SMILES string of the molecule is N#Cc1nccnc1N1CCCC(COc2ccccc2)C1. The highest BCUT2D eigenvalue weighted by Crippen LogP contribution is 2.24. The molecule has 0 N–H and O–H groups in total. The summed E-state index contributed by atoms with van der Waals surface area (Å²) in [7, 11) is 0. The first kappa shape index (κ1) is 14.3. The van der Waals surface area contributed by atoms with Crippen LogP contribution >= 0.6 is 0 Å². The monoisotopic (exact) mass is 294 g/mol. The second kappa shape index (κ2) is 6.90. The number of nitrogens with zero attached hydrogens (tertiary/aromatic N) is 4. The van der Waals surface area contributed by atoms with Gasteiger partial charge in [0, 0.05) is 31.4 Å². The van der Waals surface area contributed by atoms with Gasteiger partial charge in [-0.2, -0.15) is 5.26 Å². The molecule has 1 aromatic heterocycles. The summed E-state index contributed by atoms with van der Waals surface area (Å²) in [6.45, 7) is 2.44. The molecule has 22 heavy (non-hydrogen) atoms. The minimum absolute atomic E-state index is 0.395. The van der Waals surface area contributed by atoms with E-state index in [0.717, 1.165) is 31.7 Å². The van der Waals surface area contributed by atoms with Crippen LogP contribution in [-0.2, 0) is 0 Å². The number of para-hydroxylation sites is 1. The van der Waals surface area contributed by atoms with Crippen molar-refractivity contribution >= 4 is 5.82 Å². The lowest BCUT2D eigenvalue weighted by molar-refractivity contribution is 0.228. The number of nitriles is 1. The van der Waals surface area contributed by atoms with Gasteiger partial charge in [-0.3, -0.25) is 0 Å². The molecule has 0 radical (unpaired) electrons. The standard InChI is InChI=1S/C17H18N4O/c18-11-16-17(20-9-8-19-16)21-10-4-5-14(12-21)13-22-15-6-2-1-3-7-15/h1-3,6-9,14H,4-5,10,12-13H2. The van der Waals surface area contributed by atoms with Crippen LogP contribution in [0.15, 0.2) is 42.7 Å². The summed E-state index contributed by atoms with van der Waals surface area (Å²) in [5.41, 5.74) is 0.395. The van der Waals surface area contributed by atoms with E-state index in [0.29, 0.717) is 24.0 Å². The molecule has 1 unspecified atom stereocenters. The Hall–Kier alpha value is -2.61. The molecule has 1 saturated heterocycles. The fraction of sp³-hybridized carbons (Fsp3) is 0.353. The van der Waals surface area contributed by atoms with Crippen LogP contribution in [-0.4, -0.2) is 29.7 Å². The van der Waals surface area contributed by atoms with E-state index in [2.05, 4.69) is 20.9 Å². The first-order valence-corrected chi connectivity index (χ1v) is 7.50. The molecule has 0 aliphatic carbocycles. The summed E-state index contributed by atoms with van der Waals surface area (Å²) in [6.07, 6.45) is 5.40. The molecule has 112 valence electrons. The molecule has 0 amide bonds. The molecular weight excluding hydrogens is 276 g/mol. The fourth-order valence-electron chi connectivity index (χ4n) is 2.77. The van der Waals surface area contributed by atoms with Gasteiger partial charge in [0.05, 0.1) is 6.61 Å². The second-order valence-corrected chi connectivity index (χ2v) is 5.42. The Morgan fingerprint density at radius 2 is 2.05 bits per heavy atom. The predicted octanol–water partition coefficient (Wildman–Crippen LogP) is 2.64. The Morgan fingerprint density at radius 1 is 1.23 bits per heavy atom. The summed E-state index contributed by atoms with van der Waals surface area (Å²) < 4.78 is 5.86. The average Bonchev–Trinajstić information content (AvgIpc) is 2.61. The van der Waals surface area contributed by atoms with Gasteiger partial charge < -0.3 is 9.64 Å². The first-order chi connectivity index (χ1) is 10.9. The molecule has 2 aromatic rings. The molecule has 1 atom stereocenters. The van der Waals surface area contributed by atoms with Gasteiger partial charge in [-0.15, -0.1) is 0 Å². The number of hydrogen-bond acceptors (Lipinski definition) is 5. The van der Waals surface area contributed by atoms with E-state index in [1.165, 1.54) is 0 Å². The van der Waals surface area contributed by atoms with Crippen LogP contribution in [0.25, 0.3) is 0 Å². The molecule has 5 heteroatoms. The summed E-state index contributed by atoms with van der Waals surface area (Å²) in [5.74, 6) is 2.02. The first-order valence-electron chi connectivity index (χ1n) is 7.50.